The Morgan fingerprint density at radius 3 is 2.83 bits per heavy atom. The van der Waals surface area contributed by atoms with Gasteiger partial charge < -0.3 is 15.0 Å². The van der Waals surface area contributed by atoms with Gasteiger partial charge in [0, 0.05) is 18.0 Å². The molecule has 0 spiro atoms. The number of amides is 1. The minimum Gasteiger partial charge on any atom is -0.465 e. The summed E-state index contributed by atoms with van der Waals surface area (Å²) in [4.78, 5) is 28.3. The Kier molecular flexibility index (Phi) is 6.41. The number of nitrogens with one attached hydrogen (secondary N) is 1. The summed E-state index contributed by atoms with van der Waals surface area (Å²) in [6.45, 7) is 4.27. The van der Waals surface area contributed by atoms with Crippen LogP contribution in [0.25, 0.3) is 0 Å². The quantitative estimate of drug-likeness (QED) is 0.526. The zero-order valence-electron chi connectivity index (χ0n) is 16.5. The number of ether oxygens (including phenoxy) is 1. The molecule has 156 valence electrons. The van der Waals surface area contributed by atoms with E-state index in [2.05, 4.69) is 27.3 Å². The van der Waals surface area contributed by atoms with Crippen LogP contribution in [0.3, 0.4) is 0 Å². The summed E-state index contributed by atoms with van der Waals surface area (Å²) in [6.07, 6.45) is 5.23. The number of rotatable bonds is 6. The molecule has 1 saturated heterocycles. The average molecular weight is 453 g/mol. The third kappa shape index (κ3) is 4.59. The minimum atomic E-state index is -0.376. The van der Waals surface area contributed by atoms with Gasteiger partial charge in [-0.15, -0.1) is 21.5 Å². The smallest absolute Gasteiger partial charge is 0.341 e. The number of thioether (sulfide) groups is 1. The zero-order chi connectivity index (χ0) is 20.4. The van der Waals surface area contributed by atoms with Gasteiger partial charge in [-0.05, 0) is 43.6 Å². The molecule has 1 unspecified atom stereocenters. The SMILES string of the molecule is COC(=O)c1c(NC(=O)CSc2nnc(N3CCCC3)s2)sc2c1CCC(C)C2. The van der Waals surface area contributed by atoms with Crippen LogP contribution in [0.15, 0.2) is 4.34 Å². The van der Waals surface area contributed by atoms with E-state index < -0.39 is 0 Å². The van der Waals surface area contributed by atoms with Crippen LogP contribution in [-0.4, -0.2) is 48.0 Å². The molecule has 4 rings (SSSR count). The van der Waals surface area contributed by atoms with Crippen molar-refractivity contribution < 1.29 is 14.3 Å². The van der Waals surface area contributed by atoms with Crippen LogP contribution in [0.5, 0.6) is 0 Å². The Morgan fingerprint density at radius 2 is 2.07 bits per heavy atom. The molecule has 0 aromatic carbocycles. The summed E-state index contributed by atoms with van der Waals surface area (Å²) >= 11 is 4.41. The molecule has 1 N–H and O–H groups in total. The molecule has 1 atom stereocenters. The number of nitrogens with zero attached hydrogens (tertiary/aromatic N) is 3. The Balaban J connectivity index is 1.41. The van der Waals surface area contributed by atoms with Crippen molar-refractivity contribution in [1.82, 2.24) is 10.2 Å². The van der Waals surface area contributed by atoms with Gasteiger partial charge >= 0.3 is 5.97 Å². The molecule has 1 amide bonds. The molecule has 1 aliphatic carbocycles. The van der Waals surface area contributed by atoms with Gasteiger partial charge in [-0.2, -0.15) is 0 Å². The largest absolute Gasteiger partial charge is 0.465 e. The summed E-state index contributed by atoms with van der Waals surface area (Å²) in [5.74, 6) is 0.297. The first-order valence-corrected chi connectivity index (χ1v) is 12.4. The van der Waals surface area contributed by atoms with Crippen molar-refractivity contribution >= 4 is 56.4 Å². The number of hydrogen-bond acceptors (Lipinski definition) is 9. The fraction of sp³-hybridized carbons (Fsp3) is 0.579. The van der Waals surface area contributed by atoms with Crippen molar-refractivity contribution in [3.05, 3.63) is 16.0 Å². The van der Waals surface area contributed by atoms with Gasteiger partial charge in [0.05, 0.1) is 18.4 Å². The van der Waals surface area contributed by atoms with Crippen LogP contribution in [0.4, 0.5) is 10.1 Å². The van der Waals surface area contributed by atoms with Crippen molar-refractivity contribution in [2.45, 2.75) is 43.4 Å². The van der Waals surface area contributed by atoms with Crippen LogP contribution >= 0.6 is 34.4 Å². The molecule has 1 fully saturated rings. The fourth-order valence-electron chi connectivity index (χ4n) is 3.74. The van der Waals surface area contributed by atoms with E-state index in [-0.39, 0.29) is 17.6 Å². The maximum atomic E-state index is 12.6. The van der Waals surface area contributed by atoms with Gasteiger partial charge in [0.15, 0.2) is 4.34 Å². The number of fused-ring (bicyclic) bond motifs is 1. The highest BCUT2D eigenvalue weighted by Crippen LogP contribution is 2.40. The summed E-state index contributed by atoms with van der Waals surface area (Å²) < 4.78 is 5.77. The number of carbonyl (C=O) groups is 2. The summed E-state index contributed by atoms with van der Waals surface area (Å²) in [7, 11) is 1.38. The Labute approximate surface area is 182 Å². The second kappa shape index (κ2) is 9.01. The van der Waals surface area contributed by atoms with Gasteiger partial charge in [-0.25, -0.2) is 4.79 Å². The van der Waals surface area contributed by atoms with Crippen LogP contribution in [0.2, 0.25) is 0 Å². The first-order chi connectivity index (χ1) is 14.0. The Hall–Kier alpha value is -1.65. The third-order valence-electron chi connectivity index (χ3n) is 5.25. The van der Waals surface area contributed by atoms with E-state index in [1.807, 2.05) is 0 Å². The minimum absolute atomic E-state index is 0.148. The molecule has 2 aromatic heterocycles. The topological polar surface area (TPSA) is 84.4 Å². The van der Waals surface area contributed by atoms with E-state index in [0.29, 0.717) is 16.5 Å². The third-order valence-corrected chi connectivity index (χ3v) is 8.54. The molecule has 7 nitrogen and oxygen atoms in total. The number of hydrogen-bond donors (Lipinski definition) is 1. The summed E-state index contributed by atoms with van der Waals surface area (Å²) in [5, 5.41) is 12.9. The Bertz CT molecular complexity index is 905. The van der Waals surface area contributed by atoms with Crippen LogP contribution in [0, 0.1) is 5.92 Å². The molecule has 2 aromatic rings. The maximum absolute atomic E-state index is 12.6. The number of anilines is 2. The molecule has 3 heterocycles. The molecule has 0 radical (unpaired) electrons. The molecule has 29 heavy (non-hydrogen) atoms. The Morgan fingerprint density at radius 1 is 1.28 bits per heavy atom. The summed E-state index contributed by atoms with van der Waals surface area (Å²) in [5.41, 5.74) is 1.58. The van der Waals surface area contributed by atoms with E-state index >= 15 is 0 Å². The first-order valence-electron chi connectivity index (χ1n) is 9.79. The van der Waals surface area contributed by atoms with Gasteiger partial charge in [0.1, 0.15) is 5.00 Å². The van der Waals surface area contributed by atoms with Crippen molar-refractivity contribution in [2.24, 2.45) is 5.92 Å². The van der Waals surface area contributed by atoms with Gasteiger partial charge in [-0.3, -0.25) is 4.79 Å². The average Bonchev–Trinajstić information content (AvgIpc) is 3.44. The van der Waals surface area contributed by atoms with E-state index in [1.54, 1.807) is 0 Å². The number of carbonyl (C=O) groups excluding carboxylic acids is 2. The molecule has 0 bridgehead atoms. The first kappa shape index (κ1) is 20.6. The van der Waals surface area contributed by atoms with Crippen molar-refractivity contribution in [2.75, 3.05) is 36.2 Å². The zero-order valence-corrected chi connectivity index (χ0v) is 19.0. The monoisotopic (exact) mass is 452 g/mol. The van der Waals surface area contributed by atoms with Crippen LogP contribution < -0.4 is 10.2 Å². The molecular formula is C19H24N4O3S3. The van der Waals surface area contributed by atoms with Crippen molar-refractivity contribution in [1.29, 1.82) is 0 Å². The lowest BCUT2D eigenvalue weighted by Gasteiger charge is -2.18. The van der Waals surface area contributed by atoms with E-state index in [9.17, 15) is 9.59 Å². The van der Waals surface area contributed by atoms with Crippen LogP contribution in [-0.2, 0) is 22.4 Å². The molecular weight excluding hydrogens is 428 g/mol. The lowest BCUT2D eigenvalue weighted by Crippen LogP contribution is -2.17. The van der Waals surface area contributed by atoms with Gasteiger partial charge in [-0.1, -0.05) is 30.0 Å². The van der Waals surface area contributed by atoms with Gasteiger partial charge in [0.25, 0.3) is 0 Å². The molecule has 0 saturated carbocycles. The molecule has 2 aliphatic rings. The highest BCUT2D eigenvalue weighted by Gasteiger charge is 2.29. The normalized spacial score (nSPS) is 18.6. The number of esters is 1. The summed E-state index contributed by atoms with van der Waals surface area (Å²) in [6, 6.07) is 0. The predicted molar refractivity (Wildman–Crippen MR) is 118 cm³/mol. The standard InChI is InChI=1S/C19H24N4O3S3/c1-11-5-6-12-13(9-11)28-16(15(12)17(25)26-2)20-14(24)10-27-19-22-21-18(29-19)23-7-3-4-8-23/h11H,3-10H2,1-2H3,(H,20,24). The lowest BCUT2D eigenvalue weighted by molar-refractivity contribution is -0.113. The van der Waals surface area contributed by atoms with E-state index in [4.69, 9.17) is 4.74 Å². The number of methoxy groups -OCH3 is 1. The molecule has 10 heteroatoms. The van der Waals surface area contributed by atoms with Crippen LogP contribution in [0.1, 0.15) is 47.0 Å². The van der Waals surface area contributed by atoms with Gasteiger partial charge in [0.2, 0.25) is 11.0 Å². The second-order valence-corrected chi connectivity index (χ2v) is 10.7. The number of aromatic nitrogens is 2. The van der Waals surface area contributed by atoms with Crippen molar-refractivity contribution in [3.63, 3.8) is 0 Å². The fourth-order valence-corrected chi connectivity index (χ4v) is 6.85. The second-order valence-electron chi connectivity index (χ2n) is 7.43. The predicted octanol–water partition coefficient (Wildman–Crippen LogP) is 3.84. The molecule has 1 aliphatic heterocycles. The van der Waals surface area contributed by atoms with Crippen molar-refractivity contribution in [3.8, 4) is 0 Å². The highest BCUT2D eigenvalue weighted by atomic mass is 32.2. The highest BCUT2D eigenvalue weighted by molar-refractivity contribution is 8.01. The maximum Gasteiger partial charge on any atom is 0.341 e. The van der Waals surface area contributed by atoms with E-state index in [0.717, 1.165) is 47.4 Å². The number of thiophene rings is 1. The lowest BCUT2D eigenvalue weighted by atomic mass is 9.88. The van der Waals surface area contributed by atoms with E-state index in [1.165, 1.54) is 59.3 Å².